The van der Waals surface area contributed by atoms with Crippen molar-refractivity contribution < 1.29 is 4.79 Å². The third-order valence-electron chi connectivity index (χ3n) is 6.74. The molecule has 5 rings (SSSR count). The summed E-state index contributed by atoms with van der Waals surface area (Å²) in [6.45, 7) is 2.12. The summed E-state index contributed by atoms with van der Waals surface area (Å²) in [7, 11) is 1.76. The summed E-state index contributed by atoms with van der Waals surface area (Å²) in [5.41, 5.74) is 2.09. The van der Waals surface area contributed by atoms with Crippen LogP contribution in [0.15, 0.2) is 59.8 Å². The summed E-state index contributed by atoms with van der Waals surface area (Å²) < 4.78 is 1.58. The zero-order valence-electron chi connectivity index (χ0n) is 17.8. The number of carbonyl (C=O) groups excluding carboxylic acids is 1. The van der Waals surface area contributed by atoms with E-state index in [9.17, 15) is 9.59 Å². The van der Waals surface area contributed by atoms with Gasteiger partial charge in [-0.05, 0) is 60.4 Å². The molecule has 6 nitrogen and oxygen atoms in total. The van der Waals surface area contributed by atoms with Crippen molar-refractivity contribution in [3.05, 3.63) is 76.5 Å². The summed E-state index contributed by atoms with van der Waals surface area (Å²) >= 11 is 0. The van der Waals surface area contributed by atoms with Gasteiger partial charge in [0.25, 0.3) is 5.56 Å². The number of aryl methyl sites for hydroxylation is 1. The molecule has 1 aliphatic heterocycles. The molecule has 1 amide bonds. The van der Waals surface area contributed by atoms with E-state index in [1.165, 1.54) is 0 Å². The predicted octanol–water partition coefficient (Wildman–Crippen LogP) is 2.82. The topological polar surface area (TPSA) is 67.2 Å². The molecule has 1 N–H and O–H groups in total. The molecule has 1 aromatic carbocycles. The maximum absolute atomic E-state index is 13.8. The van der Waals surface area contributed by atoms with E-state index >= 15 is 0 Å². The summed E-state index contributed by atoms with van der Waals surface area (Å²) in [5, 5.41) is 5.66. The number of nitrogens with one attached hydrogen (secondary N) is 1. The second kappa shape index (κ2) is 8.27. The Kier molecular flexibility index (Phi) is 5.32. The molecular weight excluding hydrogens is 388 g/mol. The van der Waals surface area contributed by atoms with Crippen LogP contribution in [-0.2, 0) is 18.4 Å². The first-order valence-electron chi connectivity index (χ1n) is 11.1. The molecule has 2 atom stereocenters. The summed E-state index contributed by atoms with van der Waals surface area (Å²) in [4.78, 5) is 32.4. The standard InChI is InChI=1S/C25H28N4O2/c1-28-12-9-18(13-24(28)30)21-8-11-27-15-23(21)25(31)29(20-5-6-20)16-19-4-2-3-17-7-10-26-14-22(17)19/h2-4,7,9-10,12-14,20-21,23,27H,5-6,8,11,15-16H2,1H3/t21?,23-/m0/s1. The van der Waals surface area contributed by atoms with Crippen LogP contribution < -0.4 is 10.9 Å². The van der Waals surface area contributed by atoms with Crippen molar-refractivity contribution in [2.24, 2.45) is 13.0 Å². The van der Waals surface area contributed by atoms with Crippen LogP contribution >= 0.6 is 0 Å². The largest absolute Gasteiger partial charge is 0.335 e. The minimum absolute atomic E-state index is 0.0236. The van der Waals surface area contributed by atoms with Gasteiger partial charge in [0.15, 0.2) is 0 Å². The summed E-state index contributed by atoms with van der Waals surface area (Å²) in [6, 6.07) is 12.3. The third-order valence-corrected chi connectivity index (χ3v) is 6.74. The van der Waals surface area contributed by atoms with Gasteiger partial charge in [-0.2, -0.15) is 0 Å². The van der Waals surface area contributed by atoms with Gasteiger partial charge in [0.1, 0.15) is 0 Å². The van der Waals surface area contributed by atoms with Crippen molar-refractivity contribution >= 4 is 16.7 Å². The lowest BCUT2D eigenvalue weighted by molar-refractivity contribution is -0.138. The highest BCUT2D eigenvalue weighted by atomic mass is 16.2. The van der Waals surface area contributed by atoms with E-state index in [-0.39, 0.29) is 23.3 Å². The Bertz CT molecular complexity index is 1160. The molecule has 1 unspecified atom stereocenters. The zero-order chi connectivity index (χ0) is 21.4. The highest BCUT2D eigenvalue weighted by Gasteiger charge is 2.40. The Hall–Kier alpha value is -2.99. The first kappa shape index (κ1) is 19.9. The van der Waals surface area contributed by atoms with Crippen LogP contribution in [0.25, 0.3) is 10.8 Å². The van der Waals surface area contributed by atoms with Crippen LogP contribution in [0, 0.1) is 5.92 Å². The maximum Gasteiger partial charge on any atom is 0.250 e. The monoisotopic (exact) mass is 416 g/mol. The van der Waals surface area contributed by atoms with Gasteiger partial charge in [-0.1, -0.05) is 18.2 Å². The van der Waals surface area contributed by atoms with Crippen LogP contribution in [-0.4, -0.2) is 39.5 Å². The molecule has 1 aliphatic carbocycles. The van der Waals surface area contributed by atoms with Crippen LogP contribution in [0.4, 0.5) is 0 Å². The second-order valence-electron chi connectivity index (χ2n) is 8.83. The van der Waals surface area contributed by atoms with Crippen molar-refractivity contribution in [3.63, 3.8) is 0 Å². The number of pyridine rings is 2. The maximum atomic E-state index is 13.8. The number of rotatable bonds is 5. The number of hydrogen-bond acceptors (Lipinski definition) is 4. The highest BCUT2D eigenvalue weighted by Crippen LogP contribution is 2.36. The molecule has 0 spiro atoms. The normalized spacial score (nSPS) is 21.2. The lowest BCUT2D eigenvalue weighted by atomic mass is 9.80. The lowest BCUT2D eigenvalue weighted by Crippen LogP contribution is -2.47. The first-order chi connectivity index (χ1) is 15.1. The molecule has 160 valence electrons. The van der Waals surface area contributed by atoms with Gasteiger partial charge in [-0.25, -0.2) is 0 Å². The molecule has 6 heteroatoms. The number of benzene rings is 1. The Morgan fingerprint density at radius 3 is 2.90 bits per heavy atom. The van der Waals surface area contributed by atoms with Crippen LogP contribution in [0.2, 0.25) is 0 Å². The Morgan fingerprint density at radius 2 is 2.10 bits per heavy atom. The Balaban J connectivity index is 1.45. The Labute approximate surface area is 181 Å². The number of piperidine rings is 1. The van der Waals surface area contributed by atoms with Crippen LogP contribution in [0.1, 0.15) is 36.3 Å². The van der Waals surface area contributed by atoms with E-state index in [1.54, 1.807) is 23.9 Å². The van der Waals surface area contributed by atoms with Gasteiger partial charge < -0.3 is 14.8 Å². The SMILES string of the molecule is Cn1ccc(C2CCNC[C@@H]2C(=O)N(Cc2cccc3ccncc23)C2CC2)cc1=O. The fourth-order valence-corrected chi connectivity index (χ4v) is 4.80. The van der Waals surface area contributed by atoms with E-state index in [2.05, 4.69) is 33.4 Å². The molecule has 2 aromatic heterocycles. The van der Waals surface area contributed by atoms with Crippen molar-refractivity contribution in [1.29, 1.82) is 0 Å². The van der Waals surface area contributed by atoms with Gasteiger partial charge in [0.2, 0.25) is 5.91 Å². The fourth-order valence-electron chi connectivity index (χ4n) is 4.80. The number of hydrogen-bond donors (Lipinski definition) is 1. The van der Waals surface area contributed by atoms with Gasteiger partial charge in [-0.15, -0.1) is 0 Å². The van der Waals surface area contributed by atoms with E-state index in [1.807, 2.05) is 24.5 Å². The number of amides is 1. The molecule has 2 aliphatic rings. The van der Waals surface area contributed by atoms with E-state index in [0.717, 1.165) is 47.7 Å². The minimum atomic E-state index is -0.158. The molecule has 3 aromatic rings. The molecule has 0 radical (unpaired) electrons. The number of nitrogens with zero attached hydrogens (tertiary/aromatic N) is 3. The van der Waals surface area contributed by atoms with Gasteiger partial charge >= 0.3 is 0 Å². The molecule has 2 fully saturated rings. The first-order valence-corrected chi connectivity index (χ1v) is 11.1. The van der Waals surface area contributed by atoms with E-state index in [4.69, 9.17) is 0 Å². The van der Waals surface area contributed by atoms with Gasteiger partial charge in [0.05, 0.1) is 5.92 Å². The van der Waals surface area contributed by atoms with E-state index in [0.29, 0.717) is 19.1 Å². The average Bonchev–Trinajstić information content (AvgIpc) is 3.64. The van der Waals surface area contributed by atoms with Crippen LogP contribution in [0.5, 0.6) is 0 Å². The average molecular weight is 417 g/mol. The summed E-state index contributed by atoms with van der Waals surface area (Å²) in [5.74, 6) is 0.105. The lowest BCUT2D eigenvalue weighted by Gasteiger charge is -2.36. The molecule has 1 saturated carbocycles. The van der Waals surface area contributed by atoms with Crippen molar-refractivity contribution in [2.45, 2.75) is 37.8 Å². The quantitative estimate of drug-likeness (QED) is 0.695. The molecule has 0 bridgehead atoms. The minimum Gasteiger partial charge on any atom is -0.335 e. The fraction of sp³-hybridized carbons (Fsp3) is 0.400. The second-order valence-corrected chi connectivity index (χ2v) is 8.83. The zero-order valence-corrected chi connectivity index (χ0v) is 17.8. The number of aromatic nitrogens is 2. The van der Waals surface area contributed by atoms with Gasteiger partial charge in [-0.3, -0.25) is 14.6 Å². The predicted molar refractivity (Wildman–Crippen MR) is 121 cm³/mol. The van der Waals surface area contributed by atoms with Gasteiger partial charge in [0, 0.05) is 56.2 Å². The van der Waals surface area contributed by atoms with Crippen molar-refractivity contribution in [1.82, 2.24) is 19.8 Å². The van der Waals surface area contributed by atoms with Crippen LogP contribution in [0.3, 0.4) is 0 Å². The summed E-state index contributed by atoms with van der Waals surface area (Å²) in [6.07, 6.45) is 8.49. The molecular formula is C25H28N4O2. The Morgan fingerprint density at radius 1 is 1.23 bits per heavy atom. The molecule has 3 heterocycles. The highest BCUT2D eigenvalue weighted by molar-refractivity contribution is 5.86. The van der Waals surface area contributed by atoms with Crippen molar-refractivity contribution in [3.8, 4) is 0 Å². The van der Waals surface area contributed by atoms with E-state index < -0.39 is 0 Å². The van der Waals surface area contributed by atoms with Crippen molar-refractivity contribution in [2.75, 3.05) is 13.1 Å². The smallest absolute Gasteiger partial charge is 0.250 e. The molecule has 31 heavy (non-hydrogen) atoms. The number of carbonyl (C=O) groups is 1. The number of fused-ring (bicyclic) bond motifs is 1. The third kappa shape index (κ3) is 4.00. The molecule has 1 saturated heterocycles.